The molecular weight excluding hydrogens is 334 g/mol. The van der Waals surface area contributed by atoms with Crippen LogP contribution in [0.5, 0.6) is 0 Å². The van der Waals surface area contributed by atoms with Crippen molar-refractivity contribution in [2.24, 2.45) is 0 Å². The Labute approximate surface area is 158 Å². The lowest BCUT2D eigenvalue weighted by Crippen LogP contribution is -2.38. The molecule has 4 rings (SSSR count). The first-order valence-electron chi connectivity index (χ1n) is 8.81. The van der Waals surface area contributed by atoms with Crippen molar-refractivity contribution in [2.75, 3.05) is 10.2 Å². The zero-order valence-electron chi connectivity index (χ0n) is 14.7. The number of carbonyl (C=O) groups is 1. The van der Waals surface area contributed by atoms with E-state index < -0.39 is 6.04 Å². The van der Waals surface area contributed by atoms with Gasteiger partial charge in [0.2, 0.25) is 0 Å². The number of benzene rings is 2. The number of aromatic nitrogens is 1. The average Bonchev–Trinajstić information content (AvgIpc) is 2.75. The van der Waals surface area contributed by atoms with Gasteiger partial charge in [0.1, 0.15) is 12.3 Å². The standard InChI is InChI=1S/C23H19N3O/c27-17-23-22(25-19-9-3-1-4-10-19)15-18(21-13-7-8-14-24-21)16-26(23)20-11-5-2-6-12-20/h1-17,23,25H. The summed E-state index contributed by atoms with van der Waals surface area (Å²) in [5.74, 6) is 0. The van der Waals surface area contributed by atoms with Gasteiger partial charge in [-0.05, 0) is 42.5 Å². The van der Waals surface area contributed by atoms with E-state index in [4.69, 9.17) is 0 Å². The van der Waals surface area contributed by atoms with Gasteiger partial charge in [-0.1, -0.05) is 42.5 Å². The molecule has 1 aromatic heterocycles. The summed E-state index contributed by atoms with van der Waals surface area (Å²) in [5.41, 5.74) is 4.49. The maximum Gasteiger partial charge on any atom is 0.148 e. The lowest BCUT2D eigenvalue weighted by molar-refractivity contribution is -0.108. The molecule has 0 bridgehead atoms. The highest BCUT2D eigenvalue weighted by Crippen LogP contribution is 2.30. The van der Waals surface area contributed by atoms with Crippen molar-refractivity contribution in [2.45, 2.75) is 6.04 Å². The third kappa shape index (κ3) is 3.65. The fourth-order valence-corrected chi connectivity index (χ4v) is 3.12. The van der Waals surface area contributed by atoms with E-state index >= 15 is 0 Å². The van der Waals surface area contributed by atoms with Crippen LogP contribution in [0.25, 0.3) is 5.57 Å². The number of allylic oxidation sites excluding steroid dienone is 2. The Morgan fingerprint density at radius 1 is 0.889 bits per heavy atom. The van der Waals surface area contributed by atoms with Crippen LogP contribution in [0, 0.1) is 0 Å². The first-order valence-corrected chi connectivity index (χ1v) is 8.81. The van der Waals surface area contributed by atoms with Crippen LogP contribution in [-0.4, -0.2) is 17.3 Å². The fourth-order valence-electron chi connectivity index (χ4n) is 3.12. The van der Waals surface area contributed by atoms with E-state index in [1.165, 1.54) is 0 Å². The normalized spacial score (nSPS) is 16.3. The van der Waals surface area contributed by atoms with Crippen molar-refractivity contribution in [3.05, 3.63) is 109 Å². The summed E-state index contributed by atoms with van der Waals surface area (Å²) in [5, 5.41) is 3.40. The molecule has 1 unspecified atom stereocenters. The molecule has 4 nitrogen and oxygen atoms in total. The first kappa shape index (κ1) is 16.8. The Bertz CT molecular complexity index is 966. The quantitative estimate of drug-likeness (QED) is 0.686. The van der Waals surface area contributed by atoms with Crippen LogP contribution >= 0.6 is 0 Å². The van der Waals surface area contributed by atoms with E-state index in [9.17, 15) is 4.79 Å². The van der Waals surface area contributed by atoms with E-state index in [0.29, 0.717) is 0 Å². The molecule has 1 atom stereocenters. The molecule has 1 N–H and O–H groups in total. The molecule has 0 amide bonds. The predicted molar refractivity (Wildman–Crippen MR) is 109 cm³/mol. The number of aldehydes is 1. The molecule has 1 aliphatic rings. The van der Waals surface area contributed by atoms with Gasteiger partial charge in [0, 0.05) is 35.0 Å². The molecule has 0 radical (unpaired) electrons. The Hall–Kier alpha value is -3.66. The number of nitrogens with one attached hydrogen (secondary N) is 1. The Morgan fingerprint density at radius 2 is 1.59 bits per heavy atom. The van der Waals surface area contributed by atoms with Crippen LogP contribution in [0.1, 0.15) is 5.69 Å². The van der Waals surface area contributed by atoms with Gasteiger partial charge in [0.15, 0.2) is 0 Å². The topological polar surface area (TPSA) is 45.2 Å². The van der Waals surface area contributed by atoms with Gasteiger partial charge >= 0.3 is 0 Å². The molecule has 0 saturated carbocycles. The summed E-state index contributed by atoms with van der Waals surface area (Å²) in [6.45, 7) is 0. The van der Waals surface area contributed by atoms with Crippen molar-refractivity contribution < 1.29 is 4.79 Å². The van der Waals surface area contributed by atoms with Gasteiger partial charge < -0.3 is 15.0 Å². The van der Waals surface area contributed by atoms with Crippen LogP contribution in [-0.2, 0) is 4.79 Å². The zero-order valence-corrected chi connectivity index (χ0v) is 14.7. The summed E-state index contributed by atoms with van der Waals surface area (Å²) >= 11 is 0. The highest BCUT2D eigenvalue weighted by atomic mass is 16.1. The highest BCUT2D eigenvalue weighted by Gasteiger charge is 2.26. The summed E-state index contributed by atoms with van der Waals surface area (Å²) < 4.78 is 0. The van der Waals surface area contributed by atoms with Crippen molar-refractivity contribution in [3.8, 4) is 0 Å². The molecule has 0 fully saturated rings. The van der Waals surface area contributed by atoms with E-state index in [1.807, 2.05) is 96.0 Å². The van der Waals surface area contributed by atoms with Crippen LogP contribution in [0.4, 0.5) is 11.4 Å². The summed E-state index contributed by atoms with van der Waals surface area (Å²) in [6.07, 6.45) is 6.70. The number of pyridine rings is 1. The van der Waals surface area contributed by atoms with Crippen LogP contribution in [0.3, 0.4) is 0 Å². The first-order chi connectivity index (χ1) is 13.3. The van der Waals surface area contributed by atoms with E-state index in [-0.39, 0.29) is 0 Å². The molecule has 132 valence electrons. The Kier molecular flexibility index (Phi) is 4.79. The number of anilines is 2. The molecule has 0 aliphatic carbocycles. The van der Waals surface area contributed by atoms with Gasteiger partial charge in [-0.25, -0.2) is 0 Å². The van der Waals surface area contributed by atoms with Crippen molar-refractivity contribution >= 4 is 23.2 Å². The smallest absolute Gasteiger partial charge is 0.148 e. The zero-order chi connectivity index (χ0) is 18.5. The van der Waals surface area contributed by atoms with E-state index in [1.54, 1.807) is 6.20 Å². The Balaban J connectivity index is 1.79. The van der Waals surface area contributed by atoms with Crippen molar-refractivity contribution in [1.82, 2.24) is 4.98 Å². The number of nitrogens with zero attached hydrogens (tertiary/aromatic N) is 2. The highest BCUT2D eigenvalue weighted by molar-refractivity contribution is 5.85. The maximum absolute atomic E-state index is 12.0. The minimum atomic E-state index is -0.444. The monoisotopic (exact) mass is 353 g/mol. The molecular formula is C23H19N3O. The molecule has 2 heterocycles. The third-order valence-corrected chi connectivity index (χ3v) is 4.41. The largest absolute Gasteiger partial charge is 0.357 e. The molecule has 0 saturated heterocycles. The second-order valence-corrected chi connectivity index (χ2v) is 6.21. The fraction of sp³-hybridized carbons (Fsp3) is 0.0435. The lowest BCUT2D eigenvalue weighted by Gasteiger charge is -2.33. The second kappa shape index (κ2) is 7.70. The number of rotatable bonds is 5. The number of hydrogen-bond acceptors (Lipinski definition) is 4. The number of hydrogen-bond donors (Lipinski definition) is 1. The lowest BCUT2D eigenvalue weighted by atomic mass is 10.0. The van der Waals surface area contributed by atoms with Gasteiger partial charge in [0.25, 0.3) is 0 Å². The maximum atomic E-state index is 12.0. The summed E-state index contributed by atoms with van der Waals surface area (Å²) in [6, 6.07) is 25.1. The minimum absolute atomic E-state index is 0.444. The van der Waals surface area contributed by atoms with Crippen molar-refractivity contribution in [3.63, 3.8) is 0 Å². The third-order valence-electron chi connectivity index (χ3n) is 4.41. The molecule has 27 heavy (non-hydrogen) atoms. The molecule has 4 heteroatoms. The Morgan fingerprint density at radius 3 is 2.26 bits per heavy atom. The minimum Gasteiger partial charge on any atom is -0.357 e. The van der Waals surface area contributed by atoms with Gasteiger partial charge in [0.05, 0.1) is 5.69 Å². The molecule has 3 aromatic rings. The molecule has 2 aromatic carbocycles. The predicted octanol–water partition coefficient (Wildman–Crippen LogP) is 4.51. The number of carbonyl (C=O) groups excluding carboxylic acids is 1. The van der Waals surface area contributed by atoms with Gasteiger partial charge in [-0.3, -0.25) is 4.98 Å². The van der Waals surface area contributed by atoms with Gasteiger partial charge in [-0.15, -0.1) is 0 Å². The molecule has 0 spiro atoms. The van der Waals surface area contributed by atoms with Crippen LogP contribution in [0.2, 0.25) is 0 Å². The van der Waals surface area contributed by atoms with Gasteiger partial charge in [-0.2, -0.15) is 0 Å². The SMILES string of the molecule is O=CC1C(Nc2ccccc2)=CC(c2ccccn2)=CN1c1ccccc1. The molecule has 1 aliphatic heterocycles. The summed E-state index contributed by atoms with van der Waals surface area (Å²) in [7, 11) is 0. The van der Waals surface area contributed by atoms with E-state index in [0.717, 1.165) is 34.6 Å². The van der Waals surface area contributed by atoms with E-state index in [2.05, 4.69) is 10.3 Å². The van der Waals surface area contributed by atoms with Crippen LogP contribution in [0.15, 0.2) is 103 Å². The summed E-state index contributed by atoms with van der Waals surface area (Å²) in [4.78, 5) is 18.5. The van der Waals surface area contributed by atoms with Crippen LogP contribution < -0.4 is 10.2 Å². The number of para-hydroxylation sites is 2. The average molecular weight is 353 g/mol. The van der Waals surface area contributed by atoms with Crippen molar-refractivity contribution in [1.29, 1.82) is 0 Å². The second-order valence-electron chi connectivity index (χ2n) is 6.21.